The monoisotopic (exact) mass is 333 g/mol. The minimum Gasteiger partial charge on any atom is -0.492 e. The van der Waals surface area contributed by atoms with Crippen molar-refractivity contribution in [3.05, 3.63) is 53.6 Å². The second kappa shape index (κ2) is 8.44. The van der Waals surface area contributed by atoms with E-state index in [9.17, 15) is 4.79 Å². The molecule has 2 aromatic carbocycles. The van der Waals surface area contributed by atoms with Gasteiger partial charge in [0.2, 0.25) is 0 Å². The van der Waals surface area contributed by atoms with E-state index in [2.05, 4.69) is 5.32 Å². The van der Waals surface area contributed by atoms with E-state index < -0.39 is 6.10 Å². The molecular formula is C18H20ClNO3. The van der Waals surface area contributed by atoms with Gasteiger partial charge in [-0.3, -0.25) is 4.79 Å². The normalized spacial score (nSPS) is 11.6. The first-order valence-corrected chi connectivity index (χ1v) is 7.97. The van der Waals surface area contributed by atoms with Gasteiger partial charge >= 0.3 is 0 Å². The molecule has 0 aliphatic rings. The first-order chi connectivity index (χ1) is 11.2. The molecule has 2 aromatic rings. The quantitative estimate of drug-likeness (QED) is 0.809. The highest BCUT2D eigenvalue weighted by atomic mass is 35.5. The van der Waals surface area contributed by atoms with E-state index in [1.54, 1.807) is 18.2 Å². The first kappa shape index (κ1) is 17.2. The summed E-state index contributed by atoms with van der Waals surface area (Å²) in [5.41, 5.74) is 0.626. The van der Waals surface area contributed by atoms with Crippen LogP contribution in [0.3, 0.4) is 0 Å². The Kier molecular flexibility index (Phi) is 6.29. The average Bonchev–Trinajstić information content (AvgIpc) is 2.56. The van der Waals surface area contributed by atoms with Gasteiger partial charge in [-0.15, -0.1) is 0 Å². The third-order valence-electron chi connectivity index (χ3n) is 3.21. The number of hydrogen-bond acceptors (Lipinski definition) is 3. The van der Waals surface area contributed by atoms with Crippen molar-refractivity contribution in [1.29, 1.82) is 0 Å². The lowest BCUT2D eigenvalue weighted by Gasteiger charge is -2.19. The summed E-state index contributed by atoms with van der Waals surface area (Å²) in [5.74, 6) is 0.893. The Labute approximate surface area is 141 Å². The Hall–Kier alpha value is -2.20. The molecule has 0 saturated heterocycles. The van der Waals surface area contributed by atoms with Gasteiger partial charge in [-0.2, -0.15) is 0 Å². The molecular weight excluding hydrogens is 314 g/mol. The van der Waals surface area contributed by atoms with Crippen LogP contribution >= 0.6 is 11.6 Å². The lowest BCUT2D eigenvalue weighted by atomic mass is 10.2. The summed E-state index contributed by atoms with van der Waals surface area (Å²) in [6.07, 6.45) is -0.113. The minimum absolute atomic E-state index is 0.237. The maximum atomic E-state index is 12.5. The molecule has 0 bridgehead atoms. The summed E-state index contributed by atoms with van der Waals surface area (Å²) in [7, 11) is 0. The molecule has 0 aromatic heterocycles. The summed E-state index contributed by atoms with van der Waals surface area (Å²) in [4.78, 5) is 12.5. The molecule has 23 heavy (non-hydrogen) atoms. The van der Waals surface area contributed by atoms with Gasteiger partial charge in [-0.25, -0.2) is 0 Å². The Bertz CT molecular complexity index is 660. The van der Waals surface area contributed by atoms with Crippen LogP contribution in [-0.4, -0.2) is 18.6 Å². The van der Waals surface area contributed by atoms with E-state index in [4.69, 9.17) is 21.1 Å². The molecule has 0 aliphatic heterocycles. The van der Waals surface area contributed by atoms with Crippen LogP contribution in [0.4, 0.5) is 5.69 Å². The molecule has 1 unspecified atom stereocenters. The number of rotatable bonds is 7. The van der Waals surface area contributed by atoms with E-state index >= 15 is 0 Å². The zero-order chi connectivity index (χ0) is 16.7. The maximum Gasteiger partial charge on any atom is 0.265 e. The Morgan fingerprint density at radius 2 is 1.74 bits per heavy atom. The van der Waals surface area contributed by atoms with Crippen molar-refractivity contribution in [2.75, 3.05) is 11.9 Å². The third kappa shape index (κ3) is 4.63. The molecule has 0 aliphatic carbocycles. The maximum absolute atomic E-state index is 12.5. The predicted octanol–water partition coefficient (Wildman–Crippen LogP) is 4.53. The predicted molar refractivity (Wildman–Crippen MR) is 92.4 cm³/mol. The zero-order valence-corrected chi connectivity index (χ0v) is 14.0. The fraction of sp³-hybridized carbons (Fsp3) is 0.278. The van der Waals surface area contributed by atoms with E-state index in [0.29, 0.717) is 35.2 Å². The highest BCUT2D eigenvalue weighted by molar-refractivity contribution is 6.32. The fourth-order valence-corrected chi connectivity index (χ4v) is 2.26. The highest BCUT2D eigenvalue weighted by Gasteiger charge is 2.20. The van der Waals surface area contributed by atoms with Crippen molar-refractivity contribution in [1.82, 2.24) is 0 Å². The molecule has 1 atom stereocenters. The largest absolute Gasteiger partial charge is 0.492 e. The molecule has 1 N–H and O–H groups in total. The van der Waals surface area contributed by atoms with E-state index in [0.717, 1.165) is 0 Å². The smallest absolute Gasteiger partial charge is 0.265 e. The first-order valence-electron chi connectivity index (χ1n) is 7.59. The van der Waals surface area contributed by atoms with Crippen LogP contribution in [0, 0.1) is 0 Å². The number of carbonyl (C=O) groups is 1. The number of nitrogens with one attached hydrogen (secondary N) is 1. The second-order valence-corrected chi connectivity index (χ2v) is 5.27. The summed E-state index contributed by atoms with van der Waals surface area (Å²) >= 11 is 6.08. The molecule has 4 nitrogen and oxygen atoms in total. The molecule has 0 saturated carbocycles. The van der Waals surface area contributed by atoms with Crippen LogP contribution in [0.1, 0.15) is 20.3 Å². The van der Waals surface area contributed by atoms with Crippen molar-refractivity contribution in [3.8, 4) is 11.5 Å². The van der Waals surface area contributed by atoms with Crippen LogP contribution in [0.25, 0.3) is 0 Å². The van der Waals surface area contributed by atoms with Crippen molar-refractivity contribution >= 4 is 23.2 Å². The molecule has 5 heteroatoms. The number of benzene rings is 2. The van der Waals surface area contributed by atoms with Crippen LogP contribution < -0.4 is 14.8 Å². The van der Waals surface area contributed by atoms with Gasteiger partial charge in [-0.1, -0.05) is 42.8 Å². The third-order valence-corrected chi connectivity index (χ3v) is 3.53. The van der Waals surface area contributed by atoms with Crippen molar-refractivity contribution < 1.29 is 14.3 Å². The van der Waals surface area contributed by atoms with Gasteiger partial charge < -0.3 is 14.8 Å². The average molecular weight is 334 g/mol. The van der Waals surface area contributed by atoms with Gasteiger partial charge in [0.25, 0.3) is 5.91 Å². The summed E-state index contributed by atoms with van der Waals surface area (Å²) < 4.78 is 11.3. The number of halogens is 1. The van der Waals surface area contributed by atoms with E-state index in [1.807, 2.05) is 44.2 Å². The Morgan fingerprint density at radius 1 is 1.09 bits per heavy atom. The van der Waals surface area contributed by atoms with Crippen LogP contribution in [0.5, 0.6) is 11.5 Å². The second-order valence-electron chi connectivity index (χ2n) is 4.86. The number of para-hydroxylation sites is 3. The standard InChI is InChI=1S/C18H20ClNO3/c1-3-15(23-16-11-7-5-9-13(16)19)18(21)20-14-10-6-8-12-17(14)22-4-2/h5-12,15H,3-4H2,1-2H3,(H,20,21). The molecule has 1 amide bonds. The summed E-state index contributed by atoms with van der Waals surface area (Å²) in [5, 5.41) is 3.33. The zero-order valence-electron chi connectivity index (χ0n) is 13.2. The Balaban J connectivity index is 2.10. The number of hydrogen-bond donors (Lipinski definition) is 1. The molecule has 0 heterocycles. The SMILES string of the molecule is CCOc1ccccc1NC(=O)C(CC)Oc1ccccc1Cl. The van der Waals surface area contributed by atoms with Crippen molar-refractivity contribution in [2.45, 2.75) is 26.4 Å². The fourth-order valence-electron chi connectivity index (χ4n) is 2.08. The van der Waals surface area contributed by atoms with Gasteiger partial charge in [-0.05, 0) is 37.6 Å². The molecule has 122 valence electrons. The van der Waals surface area contributed by atoms with E-state index in [1.165, 1.54) is 0 Å². The van der Waals surface area contributed by atoms with Crippen LogP contribution in [0.2, 0.25) is 5.02 Å². The van der Waals surface area contributed by atoms with Gasteiger partial charge in [0.15, 0.2) is 6.10 Å². The number of carbonyl (C=O) groups excluding carboxylic acids is 1. The van der Waals surface area contributed by atoms with Crippen molar-refractivity contribution in [3.63, 3.8) is 0 Å². The molecule has 0 radical (unpaired) electrons. The minimum atomic E-state index is -0.635. The molecule has 0 fully saturated rings. The van der Waals surface area contributed by atoms with Gasteiger partial charge in [0.05, 0.1) is 17.3 Å². The summed E-state index contributed by atoms with van der Waals surface area (Å²) in [6, 6.07) is 14.4. The lowest BCUT2D eigenvalue weighted by Crippen LogP contribution is -2.32. The summed E-state index contributed by atoms with van der Waals surface area (Å²) in [6.45, 7) is 4.31. The lowest BCUT2D eigenvalue weighted by molar-refractivity contribution is -0.122. The van der Waals surface area contributed by atoms with Gasteiger partial charge in [0.1, 0.15) is 11.5 Å². The number of ether oxygens (including phenoxy) is 2. The number of anilines is 1. The van der Waals surface area contributed by atoms with Crippen LogP contribution in [0.15, 0.2) is 48.5 Å². The molecule has 2 rings (SSSR count). The van der Waals surface area contributed by atoms with Gasteiger partial charge in [0, 0.05) is 0 Å². The van der Waals surface area contributed by atoms with Crippen molar-refractivity contribution in [2.24, 2.45) is 0 Å². The Morgan fingerprint density at radius 3 is 2.39 bits per heavy atom. The topological polar surface area (TPSA) is 47.6 Å². The van der Waals surface area contributed by atoms with E-state index in [-0.39, 0.29) is 5.91 Å². The molecule has 0 spiro atoms. The highest BCUT2D eigenvalue weighted by Crippen LogP contribution is 2.27. The van der Waals surface area contributed by atoms with Crippen LogP contribution in [-0.2, 0) is 4.79 Å². The number of amides is 1.